The highest BCUT2D eigenvalue weighted by Crippen LogP contribution is 2.21. The van der Waals surface area contributed by atoms with E-state index in [-0.39, 0.29) is 0 Å². The summed E-state index contributed by atoms with van der Waals surface area (Å²) in [7, 11) is 4.25. The first-order valence-electron chi connectivity index (χ1n) is 5.72. The number of nitrogen functional groups attached to an aromatic ring is 1. The molecule has 0 unspecified atom stereocenters. The Bertz CT molecular complexity index is 326. The number of piperidine rings is 1. The Morgan fingerprint density at radius 2 is 2.12 bits per heavy atom. The Morgan fingerprint density at radius 1 is 1.44 bits per heavy atom. The molecule has 3 N–H and O–H groups in total. The van der Waals surface area contributed by atoms with Gasteiger partial charge in [0.05, 0.1) is 0 Å². The van der Waals surface area contributed by atoms with E-state index >= 15 is 0 Å². The second-order valence-electron chi connectivity index (χ2n) is 4.71. The van der Waals surface area contributed by atoms with Gasteiger partial charge in [-0.05, 0) is 32.9 Å². The zero-order valence-electron chi connectivity index (χ0n) is 9.98. The number of aromatic amines is 1. The van der Waals surface area contributed by atoms with Gasteiger partial charge in [0, 0.05) is 19.6 Å². The van der Waals surface area contributed by atoms with Crippen molar-refractivity contribution in [3.8, 4) is 0 Å². The van der Waals surface area contributed by atoms with Crippen molar-refractivity contribution in [3.63, 3.8) is 0 Å². The largest absolute Gasteiger partial charge is 0.368 e. The van der Waals surface area contributed by atoms with Crippen LogP contribution in [0.1, 0.15) is 12.8 Å². The number of aromatic nitrogens is 3. The van der Waals surface area contributed by atoms with Gasteiger partial charge < -0.3 is 15.5 Å². The number of H-pyrrole nitrogens is 1. The van der Waals surface area contributed by atoms with Crippen molar-refractivity contribution in [1.82, 2.24) is 20.1 Å². The topological polar surface area (TPSA) is 74.1 Å². The maximum Gasteiger partial charge on any atom is 0.246 e. The zero-order chi connectivity index (χ0) is 11.5. The summed E-state index contributed by atoms with van der Waals surface area (Å²) in [4.78, 5) is 8.60. The molecule has 6 heteroatoms. The minimum absolute atomic E-state index is 0.394. The van der Waals surface area contributed by atoms with Crippen molar-refractivity contribution in [2.75, 3.05) is 44.4 Å². The first-order chi connectivity index (χ1) is 7.65. The van der Waals surface area contributed by atoms with Crippen LogP contribution in [0, 0.1) is 5.92 Å². The Kier molecular flexibility index (Phi) is 3.28. The summed E-state index contributed by atoms with van der Waals surface area (Å²) in [5, 5.41) is 6.76. The molecule has 1 aromatic heterocycles. The predicted molar refractivity (Wildman–Crippen MR) is 64.3 cm³/mol. The van der Waals surface area contributed by atoms with Gasteiger partial charge in [-0.25, -0.2) is 5.10 Å². The quantitative estimate of drug-likeness (QED) is 0.765. The Labute approximate surface area is 95.8 Å². The second-order valence-corrected chi connectivity index (χ2v) is 4.71. The van der Waals surface area contributed by atoms with Crippen molar-refractivity contribution in [2.45, 2.75) is 12.8 Å². The van der Waals surface area contributed by atoms with E-state index in [1.54, 1.807) is 0 Å². The highest BCUT2D eigenvalue weighted by atomic mass is 15.4. The van der Waals surface area contributed by atoms with Crippen LogP contribution in [0.4, 0.5) is 11.9 Å². The predicted octanol–water partition coefficient (Wildman–Crippen LogP) is 0.165. The lowest BCUT2D eigenvalue weighted by Gasteiger charge is -2.32. The van der Waals surface area contributed by atoms with Gasteiger partial charge in [-0.1, -0.05) is 0 Å². The lowest BCUT2D eigenvalue weighted by atomic mass is 9.97. The van der Waals surface area contributed by atoms with Gasteiger partial charge in [0.1, 0.15) is 0 Å². The molecule has 16 heavy (non-hydrogen) atoms. The van der Waals surface area contributed by atoms with Crippen LogP contribution in [0.25, 0.3) is 0 Å². The van der Waals surface area contributed by atoms with Crippen LogP contribution in [0.5, 0.6) is 0 Å². The number of rotatable bonds is 3. The fourth-order valence-electron chi connectivity index (χ4n) is 2.24. The molecule has 1 aliphatic heterocycles. The molecule has 0 aromatic carbocycles. The lowest BCUT2D eigenvalue weighted by Crippen LogP contribution is -2.37. The summed E-state index contributed by atoms with van der Waals surface area (Å²) in [6, 6.07) is 0. The molecule has 1 aliphatic rings. The summed E-state index contributed by atoms with van der Waals surface area (Å²) in [5.41, 5.74) is 5.52. The number of hydrogen-bond acceptors (Lipinski definition) is 5. The van der Waals surface area contributed by atoms with Crippen molar-refractivity contribution >= 4 is 11.9 Å². The number of nitrogens with two attached hydrogens (primary N) is 1. The molecule has 0 amide bonds. The molecule has 0 atom stereocenters. The van der Waals surface area contributed by atoms with E-state index in [9.17, 15) is 0 Å². The van der Waals surface area contributed by atoms with Crippen LogP contribution < -0.4 is 10.6 Å². The van der Waals surface area contributed by atoms with Crippen LogP contribution in [0.2, 0.25) is 0 Å². The van der Waals surface area contributed by atoms with E-state index in [2.05, 4.69) is 39.1 Å². The van der Waals surface area contributed by atoms with Gasteiger partial charge in [0.25, 0.3) is 0 Å². The molecule has 90 valence electrons. The van der Waals surface area contributed by atoms with Crippen LogP contribution in [-0.4, -0.2) is 53.8 Å². The molecule has 0 saturated carbocycles. The molecule has 1 saturated heterocycles. The first-order valence-corrected chi connectivity index (χ1v) is 5.72. The summed E-state index contributed by atoms with van der Waals surface area (Å²) >= 11 is 0. The minimum Gasteiger partial charge on any atom is -0.368 e. The Morgan fingerprint density at radius 3 is 2.62 bits per heavy atom. The van der Waals surface area contributed by atoms with Crippen LogP contribution in [0.15, 0.2) is 0 Å². The fourth-order valence-corrected chi connectivity index (χ4v) is 2.24. The summed E-state index contributed by atoms with van der Waals surface area (Å²) in [6.07, 6.45) is 2.40. The van der Waals surface area contributed by atoms with E-state index in [1.807, 2.05) is 0 Å². The minimum atomic E-state index is 0.394. The molecule has 0 aliphatic carbocycles. The smallest absolute Gasteiger partial charge is 0.246 e. The molecule has 0 spiro atoms. The highest BCUT2D eigenvalue weighted by Gasteiger charge is 2.21. The average molecular weight is 224 g/mol. The van der Waals surface area contributed by atoms with Crippen molar-refractivity contribution < 1.29 is 0 Å². The van der Waals surface area contributed by atoms with Gasteiger partial charge >= 0.3 is 0 Å². The third-order valence-electron chi connectivity index (χ3n) is 3.01. The number of nitrogens with zero attached hydrogens (tertiary/aromatic N) is 4. The van der Waals surface area contributed by atoms with Gasteiger partial charge in [-0.3, -0.25) is 0 Å². The lowest BCUT2D eigenvalue weighted by molar-refractivity contribution is 0.284. The van der Waals surface area contributed by atoms with E-state index in [4.69, 9.17) is 5.73 Å². The van der Waals surface area contributed by atoms with E-state index in [0.29, 0.717) is 5.95 Å². The molecule has 6 nitrogen and oxygen atoms in total. The monoisotopic (exact) mass is 224 g/mol. The molecule has 1 aromatic rings. The van der Waals surface area contributed by atoms with Gasteiger partial charge in [0.2, 0.25) is 11.9 Å². The van der Waals surface area contributed by atoms with Crippen molar-refractivity contribution in [3.05, 3.63) is 0 Å². The maximum atomic E-state index is 5.52. The molecule has 2 heterocycles. The number of anilines is 2. The highest BCUT2D eigenvalue weighted by molar-refractivity contribution is 5.34. The number of nitrogens with one attached hydrogen (secondary N) is 1. The molecule has 0 radical (unpaired) electrons. The van der Waals surface area contributed by atoms with Crippen LogP contribution >= 0.6 is 0 Å². The van der Waals surface area contributed by atoms with Gasteiger partial charge in [0.15, 0.2) is 0 Å². The summed E-state index contributed by atoms with van der Waals surface area (Å²) in [5.74, 6) is 1.92. The molecular formula is C10H20N6. The molecule has 0 bridgehead atoms. The maximum absolute atomic E-state index is 5.52. The summed E-state index contributed by atoms with van der Waals surface area (Å²) in [6.45, 7) is 3.22. The molecule has 2 rings (SSSR count). The van der Waals surface area contributed by atoms with Crippen LogP contribution in [0.3, 0.4) is 0 Å². The standard InChI is InChI=1S/C10H20N6/c1-15(2)7-8-3-5-16(6-4-8)10-12-9(11)13-14-10/h8H,3-7H2,1-2H3,(H3,11,12,13,14). The first kappa shape index (κ1) is 11.2. The summed E-state index contributed by atoms with van der Waals surface area (Å²) < 4.78 is 0. The van der Waals surface area contributed by atoms with Gasteiger partial charge in [-0.2, -0.15) is 4.98 Å². The normalized spacial score (nSPS) is 18.3. The SMILES string of the molecule is CN(C)CC1CCN(c2n[nH]c(N)n2)CC1. The third-order valence-corrected chi connectivity index (χ3v) is 3.01. The molecular weight excluding hydrogens is 204 g/mol. The fraction of sp³-hybridized carbons (Fsp3) is 0.800. The third kappa shape index (κ3) is 2.63. The van der Waals surface area contributed by atoms with E-state index in [0.717, 1.165) is 25.0 Å². The second kappa shape index (κ2) is 4.69. The van der Waals surface area contributed by atoms with E-state index < -0.39 is 0 Å². The van der Waals surface area contributed by atoms with Crippen molar-refractivity contribution in [2.24, 2.45) is 5.92 Å². The van der Waals surface area contributed by atoms with Crippen LogP contribution in [-0.2, 0) is 0 Å². The Hall–Kier alpha value is -1.30. The number of hydrogen-bond donors (Lipinski definition) is 2. The van der Waals surface area contributed by atoms with E-state index in [1.165, 1.54) is 19.4 Å². The Balaban J connectivity index is 1.85. The zero-order valence-corrected chi connectivity index (χ0v) is 9.98. The molecule has 1 fully saturated rings. The van der Waals surface area contributed by atoms with Gasteiger partial charge in [-0.15, -0.1) is 5.10 Å². The van der Waals surface area contributed by atoms with Crippen molar-refractivity contribution in [1.29, 1.82) is 0 Å². The average Bonchev–Trinajstić information content (AvgIpc) is 2.65.